The molecule has 1 amide bonds. The Labute approximate surface area is 116 Å². The van der Waals surface area contributed by atoms with E-state index in [9.17, 15) is 4.79 Å². The van der Waals surface area contributed by atoms with Crippen LogP contribution >= 0.6 is 23.2 Å². The second-order valence-electron chi connectivity index (χ2n) is 4.96. The number of anilines is 2. The summed E-state index contributed by atoms with van der Waals surface area (Å²) in [5.74, 6) is 0.306. The van der Waals surface area contributed by atoms with Gasteiger partial charge in [-0.1, -0.05) is 0 Å². The van der Waals surface area contributed by atoms with Gasteiger partial charge in [0.2, 0.25) is 5.91 Å². The van der Waals surface area contributed by atoms with E-state index in [4.69, 9.17) is 23.2 Å². The Bertz CT molecular complexity index is 473. The van der Waals surface area contributed by atoms with Crippen molar-refractivity contribution in [2.75, 3.05) is 24.3 Å². The van der Waals surface area contributed by atoms with Crippen LogP contribution < -0.4 is 10.2 Å². The number of nitrogens with zero attached hydrogens (tertiary/aromatic N) is 2. The molecule has 1 aromatic heterocycles. The van der Waals surface area contributed by atoms with Gasteiger partial charge in [0.15, 0.2) is 0 Å². The third-order valence-electron chi connectivity index (χ3n) is 3.26. The van der Waals surface area contributed by atoms with Gasteiger partial charge in [-0.05, 0) is 25.5 Å². The molecule has 6 heteroatoms. The number of halogens is 2. The maximum absolute atomic E-state index is 12.0. The Hall–Kier alpha value is -1.00. The molecule has 18 heavy (non-hydrogen) atoms. The van der Waals surface area contributed by atoms with Crippen LogP contribution in [0.2, 0.25) is 0 Å². The van der Waals surface area contributed by atoms with Crippen LogP contribution in [0, 0.1) is 5.41 Å². The van der Waals surface area contributed by atoms with E-state index < -0.39 is 9.75 Å². The van der Waals surface area contributed by atoms with Crippen molar-refractivity contribution in [3.63, 3.8) is 0 Å². The van der Waals surface area contributed by atoms with Gasteiger partial charge in [0.05, 0.1) is 17.3 Å². The van der Waals surface area contributed by atoms with Gasteiger partial charge in [0.1, 0.15) is 10.2 Å². The second kappa shape index (κ2) is 4.28. The number of hydrogen-bond acceptors (Lipinski definition) is 3. The van der Waals surface area contributed by atoms with E-state index >= 15 is 0 Å². The fraction of sp³-hybridized carbons (Fsp3) is 0.500. The van der Waals surface area contributed by atoms with E-state index in [0.717, 1.165) is 5.69 Å². The molecule has 1 saturated carbocycles. The molecular formula is C12H15Cl2N3O. The monoisotopic (exact) mass is 287 g/mol. The summed E-state index contributed by atoms with van der Waals surface area (Å²) in [4.78, 5) is 18.1. The van der Waals surface area contributed by atoms with E-state index in [1.54, 1.807) is 19.2 Å². The predicted octanol–water partition coefficient (Wildman–Crippen LogP) is 2.67. The van der Waals surface area contributed by atoms with Gasteiger partial charge in [0.25, 0.3) is 0 Å². The number of nitrogens with one attached hydrogen (secondary N) is 1. The largest absolute Gasteiger partial charge is 0.376 e. The normalized spacial score (nSPS) is 24.5. The van der Waals surface area contributed by atoms with Crippen LogP contribution in [0.3, 0.4) is 0 Å². The van der Waals surface area contributed by atoms with Gasteiger partial charge >= 0.3 is 0 Å². The molecule has 1 N–H and O–H groups in total. The van der Waals surface area contributed by atoms with E-state index in [1.165, 1.54) is 0 Å². The van der Waals surface area contributed by atoms with Crippen molar-refractivity contribution in [1.29, 1.82) is 0 Å². The van der Waals surface area contributed by atoms with Gasteiger partial charge in [-0.3, -0.25) is 4.79 Å². The number of rotatable bonds is 3. The average molecular weight is 288 g/mol. The fourth-order valence-corrected chi connectivity index (χ4v) is 2.33. The lowest BCUT2D eigenvalue weighted by molar-refractivity contribution is -0.120. The molecule has 1 fully saturated rings. The minimum atomic E-state index is -0.958. The second-order valence-corrected chi connectivity index (χ2v) is 6.45. The SMILES string of the molecule is CN(C)c1ccc(NC(=O)[C@@]2(C)CC2(Cl)Cl)nc1. The average Bonchev–Trinajstić information content (AvgIpc) is 2.80. The number of aromatic nitrogens is 1. The highest BCUT2D eigenvalue weighted by Crippen LogP contribution is 2.64. The van der Waals surface area contributed by atoms with Crippen LogP contribution in [-0.2, 0) is 4.79 Å². The molecule has 0 spiro atoms. The molecule has 0 bridgehead atoms. The van der Waals surface area contributed by atoms with Crippen LogP contribution in [0.4, 0.5) is 11.5 Å². The van der Waals surface area contributed by atoms with Crippen LogP contribution in [0.1, 0.15) is 13.3 Å². The molecule has 4 nitrogen and oxygen atoms in total. The zero-order valence-corrected chi connectivity index (χ0v) is 12.0. The maximum Gasteiger partial charge on any atom is 0.234 e. The zero-order chi connectivity index (χ0) is 13.6. The first-order chi connectivity index (χ1) is 8.26. The number of carbonyl (C=O) groups is 1. The molecule has 0 aromatic carbocycles. The summed E-state index contributed by atoms with van der Waals surface area (Å²) >= 11 is 11.9. The Morgan fingerprint density at radius 2 is 2.06 bits per heavy atom. The molecule has 98 valence electrons. The van der Waals surface area contributed by atoms with Gasteiger partial charge in [-0.2, -0.15) is 0 Å². The summed E-state index contributed by atoms with van der Waals surface area (Å²) in [5.41, 5.74) is 0.243. The van der Waals surface area contributed by atoms with Gasteiger partial charge < -0.3 is 10.2 Å². The quantitative estimate of drug-likeness (QED) is 0.870. The molecule has 1 aliphatic rings. The molecule has 0 unspecified atom stereocenters. The summed E-state index contributed by atoms with van der Waals surface area (Å²) in [6.07, 6.45) is 2.16. The first-order valence-electron chi connectivity index (χ1n) is 5.59. The minimum absolute atomic E-state index is 0.197. The van der Waals surface area contributed by atoms with Crippen molar-refractivity contribution >= 4 is 40.6 Å². The lowest BCUT2D eigenvalue weighted by atomic mass is 10.1. The maximum atomic E-state index is 12.0. The van der Waals surface area contributed by atoms with Gasteiger partial charge in [0, 0.05) is 14.1 Å². The van der Waals surface area contributed by atoms with Crippen molar-refractivity contribution in [3.8, 4) is 0 Å². The number of carbonyl (C=O) groups excluding carboxylic acids is 1. The van der Waals surface area contributed by atoms with Crippen molar-refractivity contribution in [1.82, 2.24) is 4.98 Å². The predicted molar refractivity (Wildman–Crippen MR) is 74.4 cm³/mol. The van der Waals surface area contributed by atoms with E-state index in [1.807, 2.05) is 25.1 Å². The van der Waals surface area contributed by atoms with Crippen LogP contribution in [0.25, 0.3) is 0 Å². The molecule has 0 aliphatic heterocycles. The molecule has 1 atom stereocenters. The molecule has 0 saturated heterocycles. The van der Waals surface area contributed by atoms with Gasteiger partial charge in [-0.15, -0.1) is 23.2 Å². The first-order valence-corrected chi connectivity index (χ1v) is 6.34. The molecule has 1 aliphatic carbocycles. The number of hydrogen-bond donors (Lipinski definition) is 1. The minimum Gasteiger partial charge on any atom is -0.376 e. The Kier molecular flexibility index (Phi) is 3.19. The lowest BCUT2D eigenvalue weighted by Crippen LogP contribution is -2.26. The number of alkyl halides is 2. The molecule has 2 rings (SSSR count). The Morgan fingerprint density at radius 1 is 1.44 bits per heavy atom. The van der Waals surface area contributed by atoms with Gasteiger partial charge in [-0.25, -0.2) is 4.98 Å². The topological polar surface area (TPSA) is 45.2 Å². The van der Waals surface area contributed by atoms with E-state index in [0.29, 0.717) is 12.2 Å². The summed E-state index contributed by atoms with van der Waals surface area (Å²) in [5, 5.41) is 2.73. The highest BCUT2D eigenvalue weighted by Gasteiger charge is 2.67. The standard InChI is InChI=1S/C12H15Cl2N3O/c1-11(7-12(11,13)14)10(18)16-9-5-4-8(6-15-9)17(2)3/h4-6H,7H2,1-3H3,(H,15,16,18)/t11-/m1/s1. The van der Waals surface area contributed by atoms with Crippen molar-refractivity contribution in [2.45, 2.75) is 17.7 Å². The smallest absolute Gasteiger partial charge is 0.234 e. The van der Waals surface area contributed by atoms with Crippen molar-refractivity contribution < 1.29 is 4.79 Å². The summed E-state index contributed by atoms with van der Waals surface area (Å²) in [7, 11) is 3.85. The first kappa shape index (κ1) is 13.4. The molecular weight excluding hydrogens is 273 g/mol. The highest BCUT2D eigenvalue weighted by atomic mass is 35.5. The fourth-order valence-electron chi connectivity index (χ4n) is 1.63. The Balaban J connectivity index is 2.05. The van der Waals surface area contributed by atoms with Crippen molar-refractivity contribution in [3.05, 3.63) is 18.3 Å². The summed E-state index contributed by atoms with van der Waals surface area (Å²) in [6, 6.07) is 3.63. The summed E-state index contributed by atoms with van der Waals surface area (Å²) in [6.45, 7) is 1.75. The van der Waals surface area contributed by atoms with Crippen LogP contribution in [0.15, 0.2) is 18.3 Å². The molecule has 1 aromatic rings. The lowest BCUT2D eigenvalue weighted by Gasteiger charge is -2.14. The third-order valence-corrected chi connectivity index (χ3v) is 4.37. The highest BCUT2D eigenvalue weighted by molar-refractivity contribution is 6.53. The number of pyridine rings is 1. The zero-order valence-electron chi connectivity index (χ0n) is 10.5. The third kappa shape index (κ3) is 2.27. The number of amides is 1. The Morgan fingerprint density at radius 3 is 2.44 bits per heavy atom. The van der Waals surface area contributed by atoms with E-state index in [2.05, 4.69) is 10.3 Å². The molecule has 1 heterocycles. The van der Waals surface area contributed by atoms with Crippen LogP contribution in [-0.4, -0.2) is 29.3 Å². The van der Waals surface area contributed by atoms with Crippen molar-refractivity contribution in [2.24, 2.45) is 5.41 Å². The van der Waals surface area contributed by atoms with Crippen LogP contribution in [0.5, 0.6) is 0 Å². The van der Waals surface area contributed by atoms with E-state index in [-0.39, 0.29) is 5.91 Å². The summed E-state index contributed by atoms with van der Waals surface area (Å²) < 4.78 is -0.958. The molecule has 0 radical (unpaired) electrons.